The summed E-state index contributed by atoms with van der Waals surface area (Å²) < 4.78 is 5.71. The van der Waals surface area contributed by atoms with Crippen molar-refractivity contribution in [1.82, 2.24) is 0 Å². The van der Waals surface area contributed by atoms with Crippen molar-refractivity contribution in [3.63, 3.8) is 0 Å². The zero-order chi connectivity index (χ0) is 22.4. The van der Waals surface area contributed by atoms with Crippen LogP contribution in [0, 0.1) is 17.8 Å². The van der Waals surface area contributed by atoms with Crippen molar-refractivity contribution in [2.45, 2.75) is 84.0 Å². The summed E-state index contributed by atoms with van der Waals surface area (Å²) in [5.74, 6) is 8.80. The van der Waals surface area contributed by atoms with Gasteiger partial charge in [-0.1, -0.05) is 75.3 Å². The van der Waals surface area contributed by atoms with E-state index >= 15 is 0 Å². The number of rotatable bonds is 10. The second-order valence-corrected chi connectivity index (χ2v) is 9.17. The minimum atomic E-state index is 0.670. The van der Waals surface area contributed by atoms with Crippen LogP contribution in [0.25, 0.3) is 0 Å². The van der Waals surface area contributed by atoms with Crippen LogP contribution in [0.3, 0.4) is 0 Å². The van der Waals surface area contributed by atoms with Crippen LogP contribution in [0.15, 0.2) is 60.7 Å². The molecule has 0 bridgehead atoms. The number of benzene rings is 2. The summed E-state index contributed by atoms with van der Waals surface area (Å²) in [6, 6.07) is 17.6. The molecule has 0 aromatic heterocycles. The van der Waals surface area contributed by atoms with E-state index in [4.69, 9.17) is 4.74 Å². The molecule has 170 valence electrons. The quantitative estimate of drug-likeness (QED) is 0.272. The van der Waals surface area contributed by atoms with Gasteiger partial charge in [0, 0.05) is 5.56 Å². The van der Waals surface area contributed by atoms with Crippen LogP contribution in [0.5, 0.6) is 5.75 Å². The molecular weight excluding hydrogens is 388 g/mol. The Morgan fingerprint density at radius 1 is 0.844 bits per heavy atom. The van der Waals surface area contributed by atoms with E-state index in [2.05, 4.69) is 62.1 Å². The predicted octanol–water partition coefficient (Wildman–Crippen LogP) is 8.48. The van der Waals surface area contributed by atoms with Crippen molar-refractivity contribution >= 4 is 0 Å². The number of hydrogen-bond donors (Lipinski definition) is 0. The van der Waals surface area contributed by atoms with Gasteiger partial charge in [0.05, 0.1) is 6.61 Å². The third kappa shape index (κ3) is 8.23. The van der Waals surface area contributed by atoms with Crippen molar-refractivity contribution in [1.29, 1.82) is 0 Å². The van der Waals surface area contributed by atoms with Gasteiger partial charge in [0.2, 0.25) is 0 Å². The predicted molar refractivity (Wildman–Crippen MR) is 137 cm³/mol. The average molecular weight is 429 g/mol. The number of hydrogen-bond acceptors (Lipinski definition) is 1. The van der Waals surface area contributed by atoms with Gasteiger partial charge in [-0.3, -0.25) is 0 Å². The first-order valence-corrected chi connectivity index (χ1v) is 12.8. The minimum absolute atomic E-state index is 0.670. The molecule has 0 unspecified atom stereocenters. The topological polar surface area (TPSA) is 9.23 Å². The first-order valence-electron chi connectivity index (χ1n) is 12.8. The lowest BCUT2D eigenvalue weighted by molar-refractivity contribution is 0.309. The highest BCUT2D eigenvalue weighted by atomic mass is 16.5. The first kappa shape index (κ1) is 24.2. The molecule has 0 amide bonds. The van der Waals surface area contributed by atoms with E-state index in [-0.39, 0.29) is 0 Å². The molecule has 0 radical (unpaired) electrons. The van der Waals surface area contributed by atoms with Crippen LogP contribution < -0.4 is 4.74 Å². The molecule has 0 N–H and O–H groups in total. The molecule has 0 atom stereocenters. The molecule has 0 aliphatic heterocycles. The lowest BCUT2D eigenvalue weighted by Gasteiger charge is -2.27. The van der Waals surface area contributed by atoms with Crippen LogP contribution in [0.4, 0.5) is 0 Å². The highest BCUT2D eigenvalue weighted by Gasteiger charge is 2.20. The fourth-order valence-corrected chi connectivity index (χ4v) is 4.46. The van der Waals surface area contributed by atoms with E-state index < -0.39 is 0 Å². The zero-order valence-corrected chi connectivity index (χ0v) is 20.1. The van der Waals surface area contributed by atoms with Gasteiger partial charge in [0.15, 0.2) is 0 Å². The van der Waals surface area contributed by atoms with Gasteiger partial charge in [-0.05, 0) is 98.2 Å². The first-order chi connectivity index (χ1) is 15.8. The van der Waals surface area contributed by atoms with E-state index in [0.717, 1.165) is 36.7 Å². The Morgan fingerprint density at radius 2 is 1.56 bits per heavy atom. The maximum absolute atomic E-state index is 5.71. The van der Waals surface area contributed by atoms with Crippen LogP contribution in [-0.2, 0) is 6.42 Å². The fraction of sp³-hybridized carbons (Fsp3) is 0.484. The van der Waals surface area contributed by atoms with Gasteiger partial charge in [0.25, 0.3) is 0 Å². The lowest BCUT2D eigenvalue weighted by atomic mass is 9.78. The summed E-state index contributed by atoms with van der Waals surface area (Å²) in [6.07, 6.45) is 16.9. The lowest BCUT2D eigenvalue weighted by Crippen LogP contribution is -2.11. The SMILES string of the molecule is CCCCCc1ccc(C2CCC(/C=C/C#Cc3ccc(OCCCC)cc3)CC2)cc1. The number of allylic oxidation sites excluding steroid dienone is 2. The Bertz CT molecular complexity index is 855. The standard InChI is InChI=1S/C31H40O/c1-3-5-7-10-26-13-19-29(20-14-26)30-21-15-27(16-22-30)11-8-9-12-28-17-23-31(24-18-28)32-25-6-4-2/h8,11,13-14,17-20,23-24,27,30H,3-7,10,15-16,21-22,25H2,1-2H3/b11-8+. The van der Waals surface area contributed by atoms with E-state index in [1.165, 1.54) is 62.5 Å². The molecule has 0 saturated heterocycles. The Balaban J connectivity index is 1.40. The molecule has 1 saturated carbocycles. The summed E-state index contributed by atoms with van der Waals surface area (Å²) in [4.78, 5) is 0. The summed E-state index contributed by atoms with van der Waals surface area (Å²) in [7, 11) is 0. The molecule has 2 aromatic carbocycles. The molecule has 0 spiro atoms. The van der Waals surface area contributed by atoms with Crippen molar-refractivity contribution in [3.8, 4) is 17.6 Å². The van der Waals surface area contributed by atoms with Gasteiger partial charge in [-0.25, -0.2) is 0 Å². The molecular formula is C31H40O. The van der Waals surface area contributed by atoms with Gasteiger partial charge in [0.1, 0.15) is 5.75 Å². The Labute approximate surface area is 196 Å². The van der Waals surface area contributed by atoms with Gasteiger partial charge >= 0.3 is 0 Å². The second-order valence-electron chi connectivity index (χ2n) is 9.17. The molecule has 1 fully saturated rings. The fourth-order valence-electron chi connectivity index (χ4n) is 4.46. The third-order valence-corrected chi connectivity index (χ3v) is 6.58. The van der Waals surface area contributed by atoms with Gasteiger partial charge < -0.3 is 4.74 Å². The zero-order valence-electron chi connectivity index (χ0n) is 20.1. The maximum Gasteiger partial charge on any atom is 0.119 e. The number of aryl methyl sites for hydroxylation is 1. The van der Waals surface area contributed by atoms with Gasteiger partial charge in [-0.15, -0.1) is 0 Å². The van der Waals surface area contributed by atoms with Crippen molar-refractivity contribution in [3.05, 3.63) is 77.4 Å². The summed E-state index contributed by atoms with van der Waals surface area (Å²) in [5.41, 5.74) is 4.07. The van der Waals surface area contributed by atoms with Gasteiger partial charge in [-0.2, -0.15) is 0 Å². The third-order valence-electron chi connectivity index (χ3n) is 6.58. The monoisotopic (exact) mass is 428 g/mol. The highest BCUT2D eigenvalue weighted by molar-refractivity contribution is 5.40. The number of ether oxygens (including phenoxy) is 1. The van der Waals surface area contributed by atoms with Crippen molar-refractivity contribution < 1.29 is 4.74 Å². The van der Waals surface area contributed by atoms with Crippen molar-refractivity contribution in [2.24, 2.45) is 5.92 Å². The summed E-state index contributed by atoms with van der Waals surface area (Å²) in [6.45, 7) is 5.23. The number of unbranched alkanes of at least 4 members (excludes halogenated alkanes) is 3. The normalized spacial score (nSPS) is 18.3. The van der Waals surface area contributed by atoms with E-state index in [1.807, 2.05) is 24.3 Å². The van der Waals surface area contributed by atoms with Crippen LogP contribution in [0.1, 0.15) is 94.2 Å². The largest absolute Gasteiger partial charge is 0.494 e. The molecule has 1 nitrogen and oxygen atoms in total. The average Bonchev–Trinajstić information content (AvgIpc) is 2.84. The molecule has 3 rings (SSSR count). The van der Waals surface area contributed by atoms with E-state index in [0.29, 0.717) is 5.92 Å². The molecule has 32 heavy (non-hydrogen) atoms. The van der Waals surface area contributed by atoms with E-state index in [9.17, 15) is 0 Å². The molecule has 1 heteroatoms. The molecule has 1 aliphatic rings. The highest BCUT2D eigenvalue weighted by Crippen LogP contribution is 2.36. The van der Waals surface area contributed by atoms with Crippen LogP contribution >= 0.6 is 0 Å². The molecule has 0 heterocycles. The second kappa shape index (κ2) is 13.8. The summed E-state index contributed by atoms with van der Waals surface area (Å²) >= 11 is 0. The van der Waals surface area contributed by atoms with Crippen LogP contribution in [0.2, 0.25) is 0 Å². The maximum atomic E-state index is 5.71. The Morgan fingerprint density at radius 3 is 2.25 bits per heavy atom. The van der Waals surface area contributed by atoms with E-state index in [1.54, 1.807) is 0 Å². The Hall–Kier alpha value is -2.46. The van der Waals surface area contributed by atoms with Crippen LogP contribution in [-0.4, -0.2) is 6.61 Å². The summed E-state index contributed by atoms with van der Waals surface area (Å²) in [5, 5.41) is 0. The molecule has 2 aromatic rings. The Kier molecular flexibility index (Phi) is 10.5. The smallest absolute Gasteiger partial charge is 0.119 e. The molecule has 1 aliphatic carbocycles. The van der Waals surface area contributed by atoms with Crippen molar-refractivity contribution in [2.75, 3.05) is 6.61 Å². The minimum Gasteiger partial charge on any atom is -0.494 e.